The molecule has 0 unspecified atom stereocenters. The Kier molecular flexibility index (Phi) is 5.46. The van der Waals surface area contributed by atoms with E-state index in [1.54, 1.807) is 20.8 Å². The first-order valence-electron chi connectivity index (χ1n) is 4.91. The third kappa shape index (κ3) is 2.72. The average molecular weight is 212 g/mol. The second-order valence-electron chi connectivity index (χ2n) is 2.84. The van der Waals surface area contributed by atoms with Gasteiger partial charge in [-0.05, 0) is 20.3 Å². The molecule has 0 N–H and O–H groups in total. The van der Waals surface area contributed by atoms with Gasteiger partial charge in [-0.15, -0.1) is 6.42 Å². The molecule has 0 bridgehead atoms. The second-order valence-corrected chi connectivity index (χ2v) is 2.84. The van der Waals surface area contributed by atoms with E-state index >= 15 is 0 Å². The summed E-state index contributed by atoms with van der Waals surface area (Å²) in [7, 11) is 0. The lowest BCUT2D eigenvalue weighted by molar-refractivity contribution is -0.167. The largest absolute Gasteiger partial charge is 0.464 e. The van der Waals surface area contributed by atoms with E-state index in [9.17, 15) is 9.59 Å². The molecule has 0 heterocycles. The number of rotatable bonds is 5. The maximum absolute atomic E-state index is 11.6. The van der Waals surface area contributed by atoms with E-state index in [4.69, 9.17) is 15.9 Å². The molecule has 0 amide bonds. The van der Waals surface area contributed by atoms with Crippen molar-refractivity contribution in [1.82, 2.24) is 0 Å². The van der Waals surface area contributed by atoms with Gasteiger partial charge in [0.2, 0.25) is 5.41 Å². The number of hydrogen-bond acceptors (Lipinski definition) is 4. The van der Waals surface area contributed by atoms with Crippen LogP contribution in [-0.2, 0) is 19.1 Å². The summed E-state index contributed by atoms with van der Waals surface area (Å²) in [6.45, 7) is 5.32. The number of esters is 2. The lowest BCUT2D eigenvalue weighted by Gasteiger charge is -2.21. The Hall–Kier alpha value is -1.50. The van der Waals surface area contributed by atoms with Crippen molar-refractivity contribution < 1.29 is 19.1 Å². The van der Waals surface area contributed by atoms with Crippen molar-refractivity contribution in [2.24, 2.45) is 5.41 Å². The third-order valence-corrected chi connectivity index (χ3v) is 2.02. The fraction of sp³-hybridized carbons (Fsp3) is 0.636. The fourth-order valence-corrected chi connectivity index (χ4v) is 1.10. The Morgan fingerprint density at radius 1 is 1.13 bits per heavy atom. The topological polar surface area (TPSA) is 52.6 Å². The predicted molar refractivity (Wildman–Crippen MR) is 54.8 cm³/mol. The van der Waals surface area contributed by atoms with Crippen LogP contribution in [0.4, 0.5) is 0 Å². The summed E-state index contributed by atoms with van der Waals surface area (Å²) in [6.07, 6.45) is 5.40. The molecule has 0 aromatic rings. The number of hydrogen-bond donors (Lipinski definition) is 0. The molecule has 0 fully saturated rings. The Labute approximate surface area is 89.9 Å². The maximum atomic E-state index is 11.6. The zero-order valence-electron chi connectivity index (χ0n) is 9.33. The van der Waals surface area contributed by atoms with E-state index in [1.807, 2.05) is 0 Å². The molecule has 4 heteroatoms. The molecule has 0 aromatic heterocycles. The first kappa shape index (κ1) is 13.5. The third-order valence-electron chi connectivity index (χ3n) is 2.02. The molecule has 84 valence electrons. The predicted octanol–water partition coefficient (Wildman–Crippen LogP) is 1.14. The van der Waals surface area contributed by atoms with Crippen LogP contribution in [0.15, 0.2) is 0 Å². The van der Waals surface area contributed by atoms with E-state index in [0.29, 0.717) is 0 Å². The summed E-state index contributed by atoms with van der Waals surface area (Å²) >= 11 is 0. The van der Waals surface area contributed by atoms with Crippen LogP contribution in [0.5, 0.6) is 0 Å². The molecule has 0 aliphatic heterocycles. The van der Waals surface area contributed by atoms with Crippen LogP contribution in [-0.4, -0.2) is 25.2 Å². The Morgan fingerprint density at radius 3 is 1.73 bits per heavy atom. The van der Waals surface area contributed by atoms with Gasteiger partial charge in [0.15, 0.2) is 0 Å². The number of terminal acetylenes is 1. The van der Waals surface area contributed by atoms with Crippen molar-refractivity contribution in [3.8, 4) is 12.3 Å². The summed E-state index contributed by atoms with van der Waals surface area (Å²) in [5.41, 5.74) is -1.59. The smallest absolute Gasteiger partial charge is 0.335 e. The van der Waals surface area contributed by atoms with Crippen LogP contribution in [0.25, 0.3) is 0 Å². The highest BCUT2D eigenvalue weighted by Gasteiger charge is 2.45. The van der Waals surface area contributed by atoms with Gasteiger partial charge in [-0.2, -0.15) is 0 Å². The van der Waals surface area contributed by atoms with Crippen molar-refractivity contribution in [2.45, 2.75) is 27.2 Å². The molecule has 0 radical (unpaired) electrons. The van der Waals surface area contributed by atoms with Gasteiger partial charge >= 0.3 is 11.9 Å². The lowest BCUT2D eigenvalue weighted by Crippen LogP contribution is -2.40. The molecule has 0 rings (SSSR count). The quantitative estimate of drug-likeness (QED) is 0.389. The van der Waals surface area contributed by atoms with E-state index in [-0.39, 0.29) is 19.6 Å². The molecule has 0 saturated heterocycles. The van der Waals surface area contributed by atoms with E-state index in [2.05, 4.69) is 5.92 Å². The van der Waals surface area contributed by atoms with Gasteiger partial charge < -0.3 is 9.47 Å². The zero-order chi connectivity index (χ0) is 11.9. The Morgan fingerprint density at radius 2 is 1.53 bits per heavy atom. The summed E-state index contributed by atoms with van der Waals surface area (Å²) < 4.78 is 9.55. The van der Waals surface area contributed by atoms with E-state index < -0.39 is 17.4 Å². The standard InChI is InChI=1S/C11H16O4/c1-5-11(6-2,9(12)14-7-3)10(13)15-8-4/h1H,6-8H2,2-4H3. The summed E-state index contributed by atoms with van der Waals surface area (Å²) in [4.78, 5) is 23.2. The summed E-state index contributed by atoms with van der Waals surface area (Å²) in [6, 6.07) is 0. The number of ether oxygens (including phenoxy) is 2. The Balaban J connectivity index is 4.97. The summed E-state index contributed by atoms with van der Waals surface area (Å²) in [5.74, 6) is 0.757. The fourth-order valence-electron chi connectivity index (χ4n) is 1.10. The van der Waals surface area contributed by atoms with Crippen molar-refractivity contribution in [1.29, 1.82) is 0 Å². The molecule has 0 aromatic carbocycles. The Bertz CT molecular complexity index is 257. The van der Waals surface area contributed by atoms with Gasteiger partial charge in [0.25, 0.3) is 0 Å². The van der Waals surface area contributed by atoms with Gasteiger partial charge in [-0.1, -0.05) is 12.8 Å². The first-order valence-corrected chi connectivity index (χ1v) is 4.91. The minimum absolute atomic E-state index is 0.168. The van der Waals surface area contributed by atoms with Gasteiger partial charge in [0, 0.05) is 0 Å². The highest BCUT2D eigenvalue weighted by atomic mass is 16.6. The summed E-state index contributed by atoms with van der Waals surface area (Å²) in [5, 5.41) is 0. The highest BCUT2D eigenvalue weighted by Crippen LogP contribution is 2.25. The molecule has 0 aliphatic carbocycles. The van der Waals surface area contributed by atoms with Gasteiger partial charge in [-0.3, -0.25) is 0 Å². The molecule has 4 nitrogen and oxygen atoms in total. The molecule has 0 spiro atoms. The van der Waals surface area contributed by atoms with E-state index in [1.165, 1.54) is 0 Å². The van der Waals surface area contributed by atoms with Crippen molar-refractivity contribution >= 4 is 11.9 Å². The molecular formula is C11H16O4. The molecule has 0 saturated carbocycles. The zero-order valence-corrected chi connectivity index (χ0v) is 9.33. The minimum Gasteiger partial charge on any atom is -0.464 e. The second kappa shape index (κ2) is 6.07. The van der Waals surface area contributed by atoms with Crippen LogP contribution in [0.3, 0.4) is 0 Å². The molecule has 0 atom stereocenters. The van der Waals surface area contributed by atoms with Crippen molar-refractivity contribution in [2.75, 3.05) is 13.2 Å². The van der Waals surface area contributed by atoms with Crippen molar-refractivity contribution in [3.63, 3.8) is 0 Å². The number of carbonyl (C=O) groups is 2. The SMILES string of the molecule is C#CC(CC)(C(=O)OCC)C(=O)OCC. The van der Waals surface area contributed by atoms with Gasteiger partial charge in [0.1, 0.15) is 0 Å². The normalized spacial score (nSPS) is 10.3. The van der Waals surface area contributed by atoms with Gasteiger partial charge in [0.05, 0.1) is 13.2 Å². The lowest BCUT2D eigenvalue weighted by atomic mass is 9.86. The van der Waals surface area contributed by atoms with Crippen LogP contribution in [0.1, 0.15) is 27.2 Å². The minimum atomic E-state index is -1.59. The van der Waals surface area contributed by atoms with Crippen molar-refractivity contribution in [3.05, 3.63) is 0 Å². The maximum Gasteiger partial charge on any atom is 0.335 e. The molecular weight excluding hydrogens is 196 g/mol. The van der Waals surface area contributed by atoms with Crippen LogP contribution in [0, 0.1) is 17.8 Å². The highest BCUT2D eigenvalue weighted by molar-refractivity contribution is 6.03. The van der Waals surface area contributed by atoms with Crippen LogP contribution < -0.4 is 0 Å². The number of carbonyl (C=O) groups excluding carboxylic acids is 2. The van der Waals surface area contributed by atoms with Crippen LogP contribution in [0.2, 0.25) is 0 Å². The monoisotopic (exact) mass is 212 g/mol. The van der Waals surface area contributed by atoms with Crippen LogP contribution >= 0.6 is 0 Å². The molecule has 0 aliphatic rings. The molecule has 15 heavy (non-hydrogen) atoms. The first-order chi connectivity index (χ1) is 7.08. The van der Waals surface area contributed by atoms with Gasteiger partial charge in [-0.25, -0.2) is 9.59 Å². The average Bonchev–Trinajstić information content (AvgIpc) is 2.21. The van der Waals surface area contributed by atoms with E-state index in [0.717, 1.165) is 0 Å².